The van der Waals surface area contributed by atoms with E-state index in [9.17, 15) is 0 Å². The van der Waals surface area contributed by atoms with E-state index in [-0.39, 0.29) is 5.95 Å². The van der Waals surface area contributed by atoms with E-state index >= 15 is 0 Å². The third-order valence-electron chi connectivity index (χ3n) is 5.34. The Morgan fingerprint density at radius 3 is 2.78 bits per heavy atom. The molecule has 0 aliphatic carbocycles. The summed E-state index contributed by atoms with van der Waals surface area (Å²) in [6.45, 7) is 0.650. The Kier molecular flexibility index (Phi) is 4.17. The van der Waals surface area contributed by atoms with Crippen molar-refractivity contribution in [3.63, 3.8) is 0 Å². The Morgan fingerprint density at radius 1 is 0.969 bits per heavy atom. The molecule has 0 atom stereocenters. The standard InChI is InChI=1S/C23H18N8O/c24-23-28-21-17(22-27-20(29-31(22)23)19-8-4-12-32-19)14-26-30(21)11-9-15-5-3-6-16(13-15)18-7-1-2-10-25-18/h1-8,10,12-14H,9,11H2,(H2,24,28). The first kappa shape index (κ1) is 18.3. The molecule has 5 heterocycles. The van der Waals surface area contributed by atoms with Crippen LogP contribution in [0.3, 0.4) is 0 Å². The van der Waals surface area contributed by atoms with Crippen LogP contribution in [-0.2, 0) is 13.0 Å². The van der Waals surface area contributed by atoms with Crippen molar-refractivity contribution in [2.24, 2.45) is 0 Å². The van der Waals surface area contributed by atoms with E-state index in [0.29, 0.717) is 29.4 Å². The topological polar surface area (TPSA) is 113 Å². The number of aryl methyl sites for hydroxylation is 2. The summed E-state index contributed by atoms with van der Waals surface area (Å²) in [5.41, 5.74) is 10.7. The predicted molar refractivity (Wildman–Crippen MR) is 120 cm³/mol. The van der Waals surface area contributed by atoms with Crippen LogP contribution in [-0.4, -0.2) is 34.3 Å². The lowest BCUT2D eigenvalue weighted by atomic mass is 10.1. The van der Waals surface area contributed by atoms with Gasteiger partial charge in [-0.05, 0) is 42.3 Å². The van der Waals surface area contributed by atoms with Crippen molar-refractivity contribution in [3.05, 3.63) is 78.8 Å². The number of nitrogens with zero attached hydrogens (tertiary/aromatic N) is 7. The van der Waals surface area contributed by atoms with Crippen LogP contribution in [0.15, 0.2) is 77.7 Å². The van der Waals surface area contributed by atoms with Crippen molar-refractivity contribution < 1.29 is 4.42 Å². The maximum absolute atomic E-state index is 6.18. The summed E-state index contributed by atoms with van der Waals surface area (Å²) in [5.74, 6) is 1.27. The molecule has 0 aliphatic rings. The summed E-state index contributed by atoms with van der Waals surface area (Å²) in [7, 11) is 0. The van der Waals surface area contributed by atoms with Gasteiger partial charge in [-0.3, -0.25) is 4.98 Å². The van der Waals surface area contributed by atoms with Crippen molar-refractivity contribution in [1.29, 1.82) is 0 Å². The second kappa shape index (κ2) is 7.31. The van der Waals surface area contributed by atoms with Gasteiger partial charge in [-0.2, -0.15) is 14.6 Å². The molecule has 156 valence electrons. The van der Waals surface area contributed by atoms with Gasteiger partial charge in [-0.15, -0.1) is 5.10 Å². The average molecular weight is 422 g/mol. The third kappa shape index (κ3) is 3.07. The molecule has 0 amide bonds. The number of hydrogen-bond acceptors (Lipinski definition) is 7. The van der Waals surface area contributed by atoms with Gasteiger partial charge in [0.2, 0.25) is 11.8 Å². The minimum Gasteiger partial charge on any atom is -0.461 e. The van der Waals surface area contributed by atoms with Gasteiger partial charge < -0.3 is 10.2 Å². The molecule has 0 unspecified atom stereocenters. The van der Waals surface area contributed by atoms with Crippen molar-refractivity contribution >= 4 is 22.6 Å². The summed E-state index contributed by atoms with van der Waals surface area (Å²) in [5, 5.41) is 9.75. The second-order valence-corrected chi connectivity index (χ2v) is 7.39. The average Bonchev–Trinajstić information content (AvgIpc) is 3.58. The van der Waals surface area contributed by atoms with Crippen LogP contribution in [0.25, 0.3) is 39.5 Å². The van der Waals surface area contributed by atoms with E-state index in [1.165, 1.54) is 10.1 Å². The van der Waals surface area contributed by atoms with E-state index < -0.39 is 0 Å². The molecule has 0 spiro atoms. The molecule has 0 radical (unpaired) electrons. The molecule has 6 aromatic rings. The molecule has 0 bridgehead atoms. The number of nitrogens with two attached hydrogens (primary N) is 1. The first-order chi connectivity index (χ1) is 15.8. The van der Waals surface area contributed by atoms with Gasteiger partial charge in [-0.25, -0.2) is 9.67 Å². The molecule has 2 N–H and O–H groups in total. The van der Waals surface area contributed by atoms with Crippen LogP contribution in [0.5, 0.6) is 0 Å². The van der Waals surface area contributed by atoms with Crippen molar-refractivity contribution in [1.82, 2.24) is 34.3 Å². The number of anilines is 1. The number of benzene rings is 1. The number of hydrogen-bond donors (Lipinski definition) is 1. The Hall–Kier alpha value is -4.53. The van der Waals surface area contributed by atoms with Crippen molar-refractivity contribution in [2.45, 2.75) is 13.0 Å². The van der Waals surface area contributed by atoms with Crippen LogP contribution >= 0.6 is 0 Å². The lowest BCUT2D eigenvalue weighted by Gasteiger charge is -2.07. The maximum atomic E-state index is 6.18. The Balaban J connectivity index is 1.32. The zero-order valence-corrected chi connectivity index (χ0v) is 17.0. The molecule has 6 rings (SSSR count). The van der Waals surface area contributed by atoms with Gasteiger partial charge in [0.05, 0.1) is 23.5 Å². The highest BCUT2D eigenvalue weighted by Crippen LogP contribution is 2.24. The lowest BCUT2D eigenvalue weighted by molar-refractivity contribution is 0.577. The number of pyridine rings is 1. The van der Waals surface area contributed by atoms with E-state index in [2.05, 4.69) is 43.3 Å². The summed E-state index contributed by atoms with van der Waals surface area (Å²) >= 11 is 0. The molecule has 5 aromatic heterocycles. The Bertz CT molecular complexity index is 1530. The highest BCUT2D eigenvalue weighted by Gasteiger charge is 2.17. The largest absolute Gasteiger partial charge is 0.461 e. The van der Waals surface area contributed by atoms with Crippen molar-refractivity contribution in [3.8, 4) is 22.8 Å². The number of fused-ring (bicyclic) bond motifs is 3. The quantitative estimate of drug-likeness (QED) is 0.451. The van der Waals surface area contributed by atoms with Crippen LogP contribution in [0.1, 0.15) is 5.56 Å². The van der Waals surface area contributed by atoms with E-state index in [1.54, 1.807) is 30.8 Å². The number of nitrogen functional groups attached to an aromatic ring is 1. The monoisotopic (exact) mass is 422 g/mol. The summed E-state index contributed by atoms with van der Waals surface area (Å²) in [4.78, 5) is 13.6. The van der Waals surface area contributed by atoms with Gasteiger partial charge in [0.1, 0.15) is 0 Å². The normalized spacial score (nSPS) is 11.5. The van der Waals surface area contributed by atoms with E-state index in [4.69, 9.17) is 10.2 Å². The Labute approximate surface area is 182 Å². The van der Waals surface area contributed by atoms with Crippen LogP contribution < -0.4 is 5.73 Å². The first-order valence-electron chi connectivity index (χ1n) is 10.2. The maximum Gasteiger partial charge on any atom is 0.225 e. The highest BCUT2D eigenvalue weighted by atomic mass is 16.3. The zero-order valence-electron chi connectivity index (χ0n) is 17.0. The molecule has 32 heavy (non-hydrogen) atoms. The third-order valence-corrected chi connectivity index (χ3v) is 5.34. The molecule has 0 fully saturated rings. The number of furan rings is 1. The van der Waals surface area contributed by atoms with Gasteiger partial charge >= 0.3 is 0 Å². The van der Waals surface area contributed by atoms with E-state index in [1.807, 2.05) is 28.9 Å². The molecule has 0 saturated heterocycles. The van der Waals surface area contributed by atoms with Gasteiger partial charge in [0.25, 0.3) is 0 Å². The van der Waals surface area contributed by atoms with Gasteiger partial charge in [0, 0.05) is 18.3 Å². The fourth-order valence-corrected chi connectivity index (χ4v) is 3.79. The fraction of sp³-hybridized carbons (Fsp3) is 0.0870. The van der Waals surface area contributed by atoms with Crippen LogP contribution in [0.2, 0.25) is 0 Å². The van der Waals surface area contributed by atoms with Crippen molar-refractivity contribution in [2.75, 3.05) is 5.73 Å². The number of aromatic nitrogens is 7. The minimum absolute atomic E-state index is 0.247. The lowest BCUT2D eigenvalue weighted by Crippen LogP contribution is -2.07. The second-order valence-electron chi connectivity index (χ2n) is 7.39. The summed E-state index contributed by atoms with van der Waals surface area (Å²) < 4.78 is 8.77. The fourth-order valence-electron chi connectivity index (χ4n) is 3.79. The summed E-state index contributed by atoms with van der Waals surface area (Å²) in [6.07, 6.45) is 5.92. The van der Waals surface area contributed by atoms with E-state index in [0.717, 1.165) is 23.1 Å². The SMILES string of the molecule is Nc1nc2c(cnn2CCc2cccc(-c3ccccn3)c2)c2nc(-c3ccco3)nn12. The molecule has 1 aromatic carbocycles. The van der Waals surface area contributed by atoms with Crippen LogP contribution in [0.4, 0.5) is 5.95 Å². The predicted octanol–water partition coefficient (Wildman–Crippen LogP) is 3.62. The molecular formula is C23H18N8O. The molecule has 0 saturated carbocycles. The van der Waals surface area contributed by atoms with Gasteiger partial charge in [-0.1, -0.05) is 24.3 Å². The zero-order chi connectivity index (χ0) is 21.5. The molecular weight excluding hydrogens is 404 g/mol. The molecule has 0 aliphatic heterocycles. The number of rotatable bonds is 5. The highest BCUT2D eigenvalue weighted by molar-refractivity contribution is 5.90. The first-order valence-corrected chi connectivity index (χ1v) is 10.2. The molecule has 9 heteroatoms. The van der Waals surface area contributed by atoms with Gasteiger partial charge in [0.15, 0.2) is 17.1 Å². The minimum atomic E-state index is 0.247. The summed E-state index contributed by atoms with van der Waals surface area (Å²) in [6, 6.07) is 17.9. The van der Waals surface area contributed by atoms with Crippen LogP contribution in [0, 0.1) is 0 Å². The molecule has 9 nitrogen and oxygen atoms in total. The Morgan fingerprint density at radius 2 is 1.94 bits per heavy atom. The smallest absolute Gasteiger partial charge is 0.225 e.